The van der Waals surface area contributed by atoms with Crippen LogP contribution in [0.1, 0.15) is 55.7 Å². The van der Waals surface area contributed by atoms with Gasteiger partial charge in [-0.15, -0.1) is 0 Å². The van der Waals surface area contributed by atoms with Gasteiger partial charge in [0.1, 0.15) is 0 Å². The smallest absolute Gasteiger partial charge is 0.165 e. The lowest BCUT2D eigenvalue weighted by Gasteiger charge is -2.23. The van der Waals surface area contributed by atoms with Gasteiger partial charge in [-0.3, -0.25) is 4.90 Å². The highest BCUT2D eigenvalue weighted by Gasteiger charge is 2.30. The first kappa shape index (κ1) is 16.8. The number of hydrogen-bond donors (Lipinski definition) is 0. The van der Waals surface area contributed by atoms with Crippen molar-refractivity contribution in [3.8, 4) is 11.5 Å². The number of nitrogens with zero attached hydrogens (tertiary/aromatic N) is 2. The van der Waals surface area contributed by atoms with Gasteiger partial charge in [-0.2, -0.15) is 0 Å². The molecule has 1 fully saturated rings. The summed E-state index contributed by atoms with van der Waals surface area (Å²) in [4.78, 5) is 2.43. The van der Waals surface area contributed by atoms with Gasteiger partial charge >= 0.3 is 0 Å². The quantitative estimate of drug-likeness (QED) is 0.796. The summed E-state index contributed by atoms with van der Waals surface area (Å²) >= 11 is 0. The molecule has 1 unspecified atom stereocenters. The van der Waals surface area contributed by atoms with Crippen LogP contribution >= 0.6 is 0 Å². The molecule has 2 aromatic rings. The molecule has 3 rings (SSSR count). The first-order chi connectivity index (χ1) is 11.6. The van der Waals surface area contributed by atoms with Crippen LogP contribution in [-0.4, -0.2) is 30.8 Å². The van der Waals surface area contributed by atoms with E-state index < -0.39 is 0 Å². The van der Waals surface area contributed by atoms with Crippen molar-refractivity contribution in [2.75, 3.05) is 20.8 Å². The van der Waals surface area contributed by atoms with Crippen molar-refractivity contribution in [3.05, 3.63) is 41.3 Å². The molecule has 0 aliphatic carbocycles. The van der Waals surface area contributed by atoms with Crippen molar-refractivity contribution < 1.29 is 14.0 Å². The van der Waals surface area contributed by atoms with Gasteiger partial charge < -0.3 is 14.0 Å². The number of ether oxygens (including phenoxy) is 2. The molecule has 0 N–H and O–H groups in total. The molecular formula is C19H26N2O3. The number of aromatic nitrogens is 1. The zero-order valence-corrected chi connectivity index (χ0v) is 14.9. The van der Waals surface area contributed by atoms with Crippen LogP contribution in [0, 0.1) is 0 Å². The maximum atomic E-state index is 5.63. The van der Waals surface area contributed by atoms with E-state index >= 15 is 0 Å². The van der Waals surface area contributed by atoms with E-state index in [2.05, 4.69) is 36.0 Å². The lowest BCUT2D eigenvalue weighted by Crippen LogP contribution is -2.22. The summed E-state index contributed by atoms with van der Waals surface area (Å²) in [7, 11) is 3.36. The molecule has 24 heavy (non-hydrogen) atoms. The summed E-state index contributed by atoms with van der Waals surface area (Å²) in [6, 6.07) is 8.41. The Morgan fingerprint density at radius 2 is 2.12 bits per heavy atom. The summed E-state index contributed by atoms with van der Waals surface area (Å²) in [6.45, 7) is 6.12. The van der Waals surface area contributed by atoms with E-state index in [0.717, 1.165) is 54.4 Å². The summed E-state index contributed by atoms with van der Waals surface area (Å²) in [5.41, 5.74) is 2.16. The van der Waals surface area contributed by atoms with Crippen molar-refractivity contribution in [1.29, 1.82) is 0 Å². The van der Waals surface area contributed by atoms with E-state index in [1.807, 2.05) is 12.1 Å². The molecule has 0 saturated carbocycles. The van der Waals surface area contributed by atoms with Crippen LogP contribution < -0.4 is 9.47 Å². The Morgan fingerprint density at radius 3 is 2.79 bits per heavy atom. The van der Waals surface area contributed by atoms with E-state index in [4.69, 9.17) is 14.0 Å². The van der Waals surface area contributed by atoms with E-state index in [9.17, 15) is 0 Å². The zero-order chi connectivity index (χ0) is 17.1. The van der Waals surface area contributed by atoms with Crippen molar-refractivity contribution in [2.24, 2.45) is 0 Å². The van der Waals surface area contributed by atoms with Gasteiger partial charge in [-0.25, -0.2) is 0 Å². The Morgan fingerprint density at radius 1 is 1.29 bits per heavy atom. The second kappa shape index (κ2) is 7.26. The van der Waals surface area contributed by atoms with Crippen molar-refractivity contribution in [1.82, 2.24) is 10.1 Å². The highest BCUT2D eigenvalue weighted by Crippen LogP contribution is 2.37. The molecular weight excluding hydrogens is 304 g/mol. The van der Waals surface area contributed by atoms with Gasteiger partial charge in [-0.1, -0.05) is 31.1 Å². The van der Waals surface area contributed by atoms with Crippen molar-refractivity contribution >= 4 is 0 Å². The topological polar surface area (TPSA) is 47.7 Å². The molecule has 1 aliphatic heterocycles. The monoisotopic (exact) mass is 330 g/mol. The fourth-order valence-electron chi connectivity index (χ4n) is 3.37. The summed E-state index contributed by atoms with van der Waals surface area (Å²) in [5.74, 6) is 2.94. The molecule has 0 spiro atoms. The Hall–Kier alpha value is -2.01. The third-order valence-corrected chi connectivity index (χ3v) is 4.69. The van der Waals surface area contributed by atoms with Gasteiger partial charge in [0.25, 0.3) is 0 Å². The minimum absolute atomic E-state index is 0.279. The van der Waals surface area contributed by atoms with Crippen LogP contribution in [0.5, 0.6) is 11.5 Å². The zero-order valence-electron chi connectivity index (χ0n) is 14.9. The third-order valence-electron chi connectivity index (χ3n) is 4.69. The Kier molecular flexibility index (Phi) is 5.09. The number of rotatable bonds is 6. The SMILES string of the molecule is COc1cccc(CN2CCCC2c2cc(C(C)C)no2)c1OC. The van der Waals surface area contributed by atoms with Crippen LogP contribution in [0.3, 0.4) is 0 Å². The summed E-state index contributed by atoms with van der Waals surface area (Å²) in [6.07, 6.45) is 2.26. The van der Waals surface area contributed by atoms with Gasteiger partial charge in [0.2, 0.25) is 0 Å². The minimum atomic E-state index is 0.279. The molecule has 5 nitrogen and oxygen atoms in total. The molecule has 130 valence electrons. The van der Waals surface area contributed by atoms with Crippen LogP contribution in [0.15, 0.2) is 28.8 Å². The summed E-state index contributed by atoms with van der Waals surface area (Å²) < 4.78 is 16.6. The van der Waals surface area contributed by atoms with Crippen LogP contribution in [-0.2, 0) is 6.54 Å². The molecule has 1 saturated heterocycles. The first-order valence-electron chi connectivity index (χ1n) is 8.54. The van der Waals surface area contributed by atoms with Gasteiger partial charge in [0.15, 0.2) is 17.3 Å². The number of benzene rings is 1. The maximum absolute atomic E-state index is 5.63. The van der Waals surface area contributed by atoms with Gasteiger partial charge in [0.05, 0.1) is 26.0 Å². The molecule has 0 amide bonds. The van der Waals surface area contributed by atoms with Crippen LogP contribution in [0.2, 0.25) is 0 Å². The lowest BCUT2D eigenvalue weighted by atomic mass is 10.1. The Bertz CT molecular complexity index is 681. The lowest BCUT2D eigenvalue weighted by molar-refractivity contribution is 0.203. The first-order valence-corrected chi connectivity index (χ1v) is 8.54. The molecule has 0 bridgehead atoms. The standard InChI is InChI=1S/C19H26N2O3/c1-13(2)15-11-18(24-20-15)16-8-6-10-21(16)12-14-7-5-9-17(22-3)19(14)23-4/h5,7,9,11,13,16H,6,8,10,12H2,1-4H3. The second-order valence-electron chi connectivity index (χ2n) is 6.59. The van der Waals surface area contributed by atoms with Crippen LogP contribution in [0.4, 0.5) is 0 Å². The summed E-state index contributed by atoms with van der Waals surface area (Å²) in [5, 5.41) is 4.22. The van der Waals surface area contributed by atoms with E-state index in [-0.39, 0.29) is 6.04 Å². The minimum Gasteiger partial charge on any atom is -0.493 e. The molecule has 1 aromatic heterocycles. The van der Waals surface area contributed by atoms with Crippen LogP contribution in [0.25, 0.3) is 0 Å². The number of methoxy groups -OCH3 is 2. The van der Waals surface area contributed by atoms with E-state index in [0.29, 0.717) is 5.92 Å². The molecule has 1 atom stereocenters. The molecule has 5 heteroatoms. The third kappa shape index (κ3) is 3.26. The molecule has 1 aliphatic rings. The van der Waals surface area contributed by atoms with Crippen molar-refractivity contribution in [3.63, 3.8) is 0 Å². The maximum Gasteiger partial charge on any atom is 0.165 e. The molecule has 0 radical (unpaired) electrons. The average molecular weight is 330 g/mol. The van der Waals surface area contributed by atoms with E-state index in [1.165, 1.54) is 0 Å². The largest absolute Gasteiger partial charge is 0.493 e. The van der Waals surface area contributed by atoms with Gasteiger partial charge in [0, 0.05) is 18.2 Å². The molecule has 1 aromatic carbocycles. The molecule has 2 heterocycles. The number of likely N-dealkylation sites (tertiary alicyclic amines) is 1. The predicted octanol–water partition coefficient (Wildman–Crippen LogP) is 4.15. The fourth-order valence-corrected chi connectivity index (χ4v) is 3.37. The Labute approximate surface area is 143 Å². The fraction of sp³-hybridized carbons (Fsp3) is 0.526. The predicted molar refractivity (Wildman–Crippen MR) is 92.5 cm³/mol. The van der Waals surface area contributed by atoms with E-state index in [1.54, 1.807) is 14.2 Å². The average Bonchev–Trinajstić information content (AvgIpc) is 3.23. The highest BCUT2D eigenvalue weighted by atomic mass is 16.5. The van der Waals surface area contributed by atoms with Crippen molar-refractivity contribution in [2.45, 2.75) is 45.2 Å². The Balaban J connectivity index is 1.81. The number of hydrogen-bond acceptors (Lipinski definition) is 5. The van der Waals surface area contributed by atoms with Gasteiger partial charge in [-0.05, 0) is 31.4 Å². The number of para-hydroxylation sites is 1. The normalized spacial score (nSPS) is 18.3. The second-order valence-corrected chi connectivity index (χ2v) is 6.59. The highest BCUT2D eigenvalue weighted by molar-refractivity contribution is 5.46.